The van der Waals surface area contributed by atoms with E-state index >= 15 is 0 Å². The van der Waals surface area contributed by atoms with Crippen molar-refractivity contribution < 1.29 is 9.53 Å². The van der Waals surface area contributed by atoms with Crippen LogP contribution in [0.4, 0.5) is 0 Å². The molecular formula is C12H14N2O2S. The number of nitrogens with zero attached hydrogens (tertiary/aromatic N) is 1. The lowest BCUT2D eigenvalue weighted by Gasteiger charge is -2.16. The molecule has 2 rings (SSSR count). The topological polar surface area (TPSA) is 50.7 Å². The SMILES string of the molecule is COC(=O)C1NC(SC)=NC1c1ccccc1. The Hall–Kier alpha value is -1.49. The maximum Gasteiger partial charge on any atom is 0.330 e. The van der Waals surface area contributed by atoms with Crippen LogP contribution in [0.2, 0.25) is 0 Å². The minimum Gasteiger partial charge on any atom is -0.467 e. The molecule has 2 unspecified atom stereocenters. The Morgan fingerprint density at radius 1 is 1.41 bits per heavy atom. The van der Waals surface area contributed by atoms with Crippen LogP contribution in [-0.2, 0) is 9.53 Å². The maximum absolute atomic E-state index is 11.7. The summed E-state index contributed by atoms with van der Waals surface area (Å²) < 4.78 is 4.79. The molecule has 0 amide bonds. The van der Waals surface area contributed by atoms with Crippen molar-refractivity contribution in [1.82, 2.24) is 5.32 Å². The first kappa shape index (κ1) is 12.0. The van der Waals surface area contributed by atoms with E-state index in [1.54, 1.807) is 0 Å². The van der Waals surface area contributed by atoms with Gasteiger partial charge in [-0.1, -0.05) is 42.1 Å². The van der Waals surface area contributed by atoms with E-state index < -0.39 is 6.04 Å². The molecule has 0 bridgehead atoms. The number of aliphatic imine (C=N–C) groups is 1. The first-order valence-corrected chi connectivity index (χ1v) is 6.50. The summed E-state index contributed by atoms with van der Waals surface area (Å²) in [6.45, 7) is 0. The van der Waals surface area contributed by atoms with E-state index in [4.69, 9.17) is 4.74 Å². The third-order valence-corrected chi connectivity index (χ3v) is 3.25. The molecule has 0 radical (unpaired) electrons. The normalized spacial score (nSPS) is 22.8. The summed E-state index contributed by atoms with van der Waals surface area (Å²) in [6.07, 6.45) is 1.92. The first-order chi connectivity index (χ1) is 8.26. The second kappa shape index (κ2) is 5.23. The van der Waals surface area contributed by atoms with Crippen molar-refractivity contribution in [2.24, 2.45) is 4.99 Å². The first-order valence-electron chi connectivity index (χ1n) is 5.27. The number of benzene rings is 1. The molecule has 5 heteroatoms. The Kier molecular flexibility index (Phi) is 3.68. The summed E-state index contributed by atoms with van der Waals surface area (Å²) in [6, 6.07) is 9.13. The van der Waals surface area contributed by atoms with Gasteiger partial charge in [0.2, 0.25) is 0 Å². The lowest BCUT2D eigenvalue weighted by molar-refractivity contribution is -0.143. The standard InChI is InChI=1S/C12H14N2O2S/c1-16-11(15)10-9(13-12(14-10)17-2)8-6-4-3-5-7-8/h3-7,9-10H,1-2H3,(H,13,14). The average Bonchev–Trinajstić information content (AvgIpc) is 2.83. The molecule has 0 saturated heterocycles. The predicted molar refractivity (Wildman–Crippen MR) is 69.1 cm³/mol. The zero-order valence-electron chi connectivity index (χ0n) is 9.71. The van der Waals surface area contributed by atoms with Gasteiger partial charge in [-0.05, 0) is 11.8 Å². The minimum atomic E-state index is -0.426. The van der Waals surface area contributed by atoms with Crippen molar-refractivity contribution in [1.29, 1.82) is 0 Å². The Balaban J connectivity index is 2.28. The fourth-order valence-electron chi connectivity index (χ4n) is 1.79. The van der Waals surface area contributed by atoms with E-state index in [2.05, 4.69) is 10.3 Å². The second-order valence-corrected chi connectivity index (χ2v) is 4.43. The molecule has 0 saturated carbocycles. The molecule has 1 N–H and O–H groups in total. The van der Waals surface area contributed by atoms with Gasteiger partial charge >= 0.3 is 5.97 Å². The van der Waals surface area contributed by atoms with E-state index in [1.165, 1.54) is 18.9 Å². The number of hydrogen-bond donors (Lipinski definition) is 1. The van der Waals surface area contributed by atoms with Crippen molar-refractivity contribution in [3.63, 3.8) is 0 Å². The van der Waals surface area contributed by atoms with Crippen molar-refractivity contribution in [3.05, 3.63) is 35.9 Å². The van der Waals surface area contributed by atoms with Crippen LogP contribution in [0.15, 0.2) is 35.3 Å². The Morgan fingerprint density at radius 3 is 2.71 bits per heavy atom. The highest BCUT2D eigenvalue weighted by Gasteiger charge is 2.35. The number of methoxy groups -OCH3 is 1. The molecule has 0 fully saturated rings. The van der Waals surface area contributed by atoms with Gasteiger partial charge in [-0.2, -0.15) is 0 Å². The highest BCUT2D eigenvalue weighted by atomic mass is 32.2. The fourth-order valence-corrected chi connectivity index (χ4v) is 2.26. The highest BCUT2D eigenvalue weighted by molar-refractivity contribution is 8.13. The maximum atomic E-state index is 11.7. The van der Waals surface area contributed by atoms with Crippen LogP contribution >= 0.6 is 11.8 Å². The van der Waals surface area contributed by atoms with Crippen molar-refractivity contribution in [2.45, 2.75) is 12.1 Å². The second-order valence-electron chi connectivity index (χ2n) is 3.64. The van der Waals surface area contributed by atoms with Gasteiger partial charge in [-0.25, -0.2) is 4.79 Å². The third kappa shape index (κ3) is 2.44. The quantitative estimate of drug-likeness (QED) is 0.810. The van der Waals surface area contributed by atoms with Crippen molar-refractivity contribution in [2.75, 3.05) is 13.4 Å². The van der Waals surface area contributed by atoms with Gasteiger partial charge in [0.05, 0.1) is 7.11 Å². The number of nitrogens with one attached hydrogen (secondary N) is 1. The number of rotatable bonds is 2. The molecular weight excluding hydrogens is 236 g/mol. The molecule has 1 aliphatic heterocycles. The molecule has 0 aromatic heterocycles. The summed E-state index contributed by atoms with van der Waals surface area (Å²) in [5.41, 5.74) is 1.01. The minimum absolute atomic E-state index is 0.203. The summed E-state index contributed by atoms with van der Waals surface area (Å²) in [5.74, 6) is -0.286. The number of ether oxygens (including phenoxy) is 1. The summed E-state index contributed by atoms with van der Waals surface area (Å²) in [4.78, 5) is 16.2. The van der Waals surface area contributed by atoms with Crippen molar-refractivity contribution in [3.8, 4) is 0 Å². The predicted octanol–water partition coefficient (Wildman–Crippen LogP) is 1.59. The molecule has 4 nitrogen and oxygen atoms in total. The molecule has 1 aromatic rings. The summed E-state index contributed by atoms with van der Waals surface area (Å²) in [7, 11) is 1.39. The average molecular weight is 250 g/mol. The number of esters is 1. The van der Waals surface area contributed by atoms with Crippen LogP contribution in [0, 0.1) is 0 Å². The van der Waals surface area contributed by atoms with E-state index in [0.717, 1.165) is 10.7 Å². The zero-order valence-corrected chi connectivity index (χ0v) is 10.5. The van der Waals surface area contributed by atoms with Gasteiger partial charge < -0.3 is 10.1 Å². The van der Waals surface area contributed by atoms with Gasteiger partial charge in [0.15, 0.2) is 11.2 Å². The molecule has 1 aliphatic rings. The van der Waals surface area contributed by atoms with E-state index in [9.17, 15) is 4.79 Å². The molecule has 17 heavy (non-hydrogen) atoms. The number of hydrogen-bond acceptors (Lipinski definition) is 5. The summed E-state index contributed by atoms with van der Waals surface area (Å²) >= 11 is 1.49. The molecule has 1 aromatic carbocycles. The lowest BCUT2D eigenvalue weighted by atomic mass is 10.0. The third-order valence-electron chi connectivity index (χ3n) is 2.64. The number of thioether (sulfide) groups is 1. The van der Waals surface area contributed by atoms with Gasteiger partial charge in [0.25, 0.3) is 0 Å². The van der Waals surface area contributed by atoms with E-state index in [0.29, 0.717) is 0 Å². The molecule has 1 heterocycles. The van der Waals surface area contributed by atoms with Crippen molar-refractivity contribution >= 4 is 22.9 Å². The number of amidine groups is 1. The molecule has 90 valence electrons. The van der Waals surface area contributed by atoms with Crippen LogP contribution in [0.1, 0.15) is 11.6 Å². The zero-order chi connectivity index (χ0) is 12.3. The van der Waals surface area contributed by atoms with Gasteiger partial charge in [0, 0.05) is 0 Å². The van der Waals surface area contributed by atoms with E-state index in [-0.39, 0.29) is 12.0 Å². The van der Waals surface area contributed by atoms with Crippen LogP contribution in [0.25, 0.3) is 0 Å². The highest BCUT2D eigenvalue weighted by Crippen LogP contribution is 2.28. The Bertz CT molecular complexity index is 433. The molecule has 0 aliphatic carbocycles. The van der Waals surface area contributed by atoms with Crippen LogP contribution in [-0.4, -0.2) is 30.5 Å². The Morgan fingerprint density at radius 2 is 2.12 bits per heavy atom. The number of carbonyl (C=O) groups is 1. The smallest absolute Gasteiger partial charge is 0.330 e. The summed E-state index contributed by atoms with van der Waals surface area (Å²) in [5, 5.41) is 3.85. The number of carbonyl (C=O) groups excluding carboxylic acids is 1. The molecule has 2 atom stereocenters. The van der Waals surface area contributed by atoms with Gasteiger partial charge in [0.1, 0.15) is 6.04 Å². The fraction of sp³-hybridized carbons (Fsp3) is 0.333. The van der Waals surface area contributed by atoms with E-state index in [1.807, 2.05) is 36.6 Å². The lowest BCUT2D eigenvalue weighted by Crippen LogP contribution is -2.38. The van der Waals surface area contributed by atoms with Crippen LogP contribution in [0.3, 0.4) is 0 Å². The monoisotopic (exact) mass is 250 g/mol. The largest absolute Gasteiger partial charge is 0.467 e. The van der Waals surface area contributed by atoms with Crippen LogP contribution < -0.4 is 5.32 Å². The van der Waals surface area contributed by atoms with Gasteiger partial charge in [-0.3, -0.25) is 4.99 Å². The Labute approximate surface area is 104 Å². The molecule has 0 spiro atoms. The van der Waals surface area contributed by atoms with Crippen LogP contribution in [0.5, 0.6) is 0 Å². The van der Waals surface area contributed by atoms with Gasteiger partial charge in [-0.15, -0.1) is 0 Å².